The van der Waals surface area contributed by atoms with Gasteiger partial charge in [-0.05, 0) is 48.9 Å². The summed E-state index contributed by atoms with van der Waals surface area (Å²) in [5.74, 6) is 1.52. The number of benzene rings is 2. The molecule has 2 aromatic carbocycles. The predicted molar refractivity (Wildman–Crippen MR) is 101 cm³/mol. The molecule has 5 nitrogen and oxygen atoms in total. The van der Waals surface area contributed by atoms with Crippen molar-refractivity contribution < 1.29 is 13.9 Å². The van der Waals surface area contributed by atoms with Crippen LogP contribution >= 0.6 is 0 Å². The Balaban J connectivity index is 1.71. The summed E-state index contributed by atoms with van der Waals surface area (Å²) >= 11 is 0. The Hall–Kier alpha value is -3.21. The van der Waals surface area contributed by atoms with E-state index in [1.807, 2.05) is 73.7 Å². The molecular weight excluding hydrogens is 328 g/mol. The number of nitrogens with zero attached hydrogens (tertiary/aromatic N) is 1. The second-order valence-electron chi connectivity index (χ2n) is 5.81. The van der Waals surface area contributed by atoms with E-state index >= 15 is 0 Å². The maximum Gasteiger partial charge on any atom is 0.322 e. The van der Waals surface area contributed by atoms with Gasteiger partial charge in [-0.15, -0.1) is 0 Å². The van der Waals surface area contributed by atoms with Crippen LogP contribution in [0.15, 0.2) is 77.4 Å². The number of carbonyl (C=O) groups excluding carboxylic acids is 1. The number of hydrogen-bond acceptors (Lipinski definition) is 3. The molecule has 0 radical (unpaired) electrons. The first-order valence-corrected chi connectivity index (χ1v) is 8.59. The Bertz CT molecular complexity index is 799. The Labute approximate surface area is 153 Å². The minimum absolute atomic E-state index is 0.186. The first kappa shape index (κ1) is 17.6. The number of carbonyl (C=O) groups is 1. The van der Waals surface area contributed by atoms with Crippen molar-refractivity contribution in [1.29, 1.82) is 0 Å². The zero-order chi connectivity index (χ0) is 18.2. The zero-order valence-corrected chi connectivity index (χ0v) is 14.7. The van der Waals surface area contributed by atoms with Crippen LogP contribution < -0.4 is 10.1 Å². The van der Waals surface area contributed by atoms with Crippen molar-refractivity contribution >= 4 is 11.7 Å². The van der Waals surface area contributed by atoms with Crippen molar-refractivity contribution in [2.24, 2.45) is 0 Å². The summed E-state index contributed by atoms with van der Waals surface area (Å²) in [5, 5.41) is 2.93. The number of nitrogens with one attached hydrogen (secondary N) is 1. The third-order valence-electron chi connectivity index (χ3n) is 3.85. The third-order valence-corrected chi connectivity index (χ3v) is 3.85. The van der Waals surface area contributed by atoms with Gasteiger partial charge in [-0.2, -0.15) is 0 Å². The number of hydrogen-bond donors (Lipinski definition) is 1. The van der Waals surface area contributed by atoms with E-state index in [1.54, 1.807) is 11.2 Å². The summed E-state index contributed by atoms with van der Waals surface area (Å²) in [6.45, 7) is 3.43. The van der Waals surface area contributed by atoms with E-state index in [0.29, 0.717) is 19.7 Å². The lowest BCUT2D eigenvalue weighted by Gasteiger charge is -2.22. The molecule has 0 spiro atoms. The van der Waals surface area contributed by atoms with Gasteiger partial charge in [-0.3, -0.25) is 0 Å². The Morgan fingerprint density at radius 3 is 2.42 bits per heavy atom. The fraction of sp³-hybridized carbons (Fsp3) is 0.190. The molecule has 0 atom stereocenters. The zero-order valence-electron chi connectivity index (χ0n) is 14.7. The average Bonchev–Trinajstić information content (AvgIpc) is 3.17. The molecule has 0 bridgehead atoms. The molecule has 5 heteroatoms. The molecule has 0 saturated heterocycles. The number of anilines is 1. The molecule has 0 unspecified atom stereocenters. The molecule has 3 aromatic rings. The van der Waals surface area contributed by atoms with Gasteiger partial charge in [0.15, 0.2) is 0 Å². The summed E-state index contributed by atoms with van der Waals surface area (Å²) in [5.41, 5.74) is 1.77. The number of furan rings is 1. The van der Waals surface area contributed by atoms with Crippen molar-refractivity contribution in [1.82, 2.24) is 4.90 Å². The SMILES string of the molecule is CCOc1ccc(NC(=O)N(Cc2ccccc2)Cc2ccco2)cc1. The summed E-state index contributed by atoms with van der Waals surface area (Å²) in [4.78, 5) is 14.5. The largest absolute Gasteiger partial charge is 0.494 e. The van der Waals surface area contributed by atoms with Crippen LogP contribution in [0.5, 0.6) is 5.75 Å². The van der Waals surface area contributed by atoms with Crippen molar-refractivity contribution in [3.63, 3.8) is 0 Å². The van der Waals surface area contributed by atoms with E-state index in [1.165, 1.54) is 0 Å². The fourth-order valence-corrected chi connectivity index (χ4v) is 2.60. The van der Waals surface area contributed by atoms with Crippen LogP contribution in [0.2, 0.25) is 0 Å². The summed E-state index contributed by atoms with van der Waals surface area (Å²) < 4.78 is 10.8. The molecule has 2 amide bonds. The second kappa shape index (κ2) is 8.76. The normalized spacial score (nSPS) is 10.3. The smallest absolute Gasteiger partial charge is 0.322 e. The van der Waals surface area contributed by atoms with Gasteiger partial charge in [0.2, 0.25) is 0 Å². The van der Waals surface area contributed by atoms with Crippen molar-refractivity contribution in [2.45, 2.75) is 20.0 Å². The van der Waals surface area contributed by atoms with Crippen molar-refractivity contribution in [3.05, 3.63) is 84.3 Å². The van der Waals surface area contributed by atoms with E-state index in [9.17, 15) is 4.79 Å². The van der Waals surface area contributed by atoms with Gasteiger partial charge in [0.05, 0.1) is 19.4 Å². The fourth-order valence-electron chi connectivity index (χ4n) is 2.60. The van der Waals surface area contributed by atoms with Gasteiger partial charge < -0.3 is 19.4 Å². The van der Waals surface area contributed by atoms with Gasteiger partial charge >= 0.3 is 6.03 Å². The standard InChI is InChI=1S/C21H22N2O3/c1-2-25-19-12-10-18(11-13-19)22-21(24)23(16-20-9-6-14-26-20)15-17-7-4-3-5-8-17/h3-14H,2,15-16H2,1H3,(H,22,24). The van der Waals surface area contributed by atoms with Crippen molar-refractivity contribution in [3.8, 4) is 5.75 Å². The second-order valence-corrected chi connectivity index (χ2v) is 5.81. The van der Waals surface area contributed by atoms with Crippen LogP contribution in [0.4, 0.5) is 10.5 Å². The predicted octanol–water partition coefficient (Wildman–Crippen LogP) is 4.91. The molecule has 134 valence electrons. The third kappa shape index (κ3) is 4.89. The lowest BCUT2D eigenvalue weighted by Crippen LogP contribution is -2.33. The Morgan fingerprint density at radius 2 is 1.77 bits per heavy atom. The number of ether oxygens (including phenoxy) is 1. The van der Waals surface area contributed by atoms with Crippen LogP contribution in [-0.2, 0) is 13.1 Å². The van der Waals surface area contributed by atoms with Crippen LogP contribution in [-0.4, -0.2) is 17.5 Å². The molecule has 1 aromatic heterocycles. The molecule has 1 heterocycles. The molecule has 0 aliphatic rings. The Morgan fingerprint density at radius 1 is 1.00 bits per heavy atom. The quantitative estimate of drug-likeness (QED) is 0.658. The van der Waals surface area contributed by atoms with Crippen LogP contribution in [0, 0.1) is 0 Å². The highest BCUT2D eigenvalue weighted by Gasteiger charge is 2.16. The first-order valence-electron chi connectivity index (χ1n) is 8.59. The topological polar surface area (TPSA) is 54.7 Å². The highest BCUT2D eigenvalue weighted by Crippen LogP contribution is 2.17. The number of urea groups is 1. The van der Waals surface area contributed by atoms with Crippen molar-refractivity contribution in [2.75, 3.05) is 11.9 Å². The molecule has 0 saturated carbocycles. The molecular formula is C21H22N2O3. The molecule has 3 rings (SSSR count). The van der Waals surface area contributed by atoms with Crippen LogP contribution in [0.25, 0.3) is 0 Å². The van der Waals surface area contributed by atoms with Gasteiger partial charge in [0.1, 0.15) is 11.5 Å². The summed E-state index contributed by atoms with van der Waals surface area (Å²) in [6.07, 6.45) is 1.61. The Kier molecular flexibility index (Phi) is 5.93. The van der Waals surface area contributed by atoms with Crippen LogP contribution in [0.1, 0.15) is 18.2 Å². The van der Waals surface area contributed by atoms with E-state index < -0.39 is 0 Å². The maximum absolute atomic E-state index is 12.8. The molecule has 1 N–H and O–H groups in total. The highest BCUT2D eigenvalue weighted by atomic mass is 16.5. The molecule has 26 heavy (non-hydrogen) atoms. The van der Waals surface area contributed by atoms with Gasteiger partial charge in [-0.1, -0.05) is 30.3 Å². The molecule has 0 aliphatic heterocycles. The molecule has 0 aliphatic carbocycles. The maximum atomic E-state index is 12.8. The number of amides is 2. The molecule has 0 fully saturated rings. The lowest BCUT2D eigenvalue weighted by molar-refractivity contribution is 0.201. The summed E-state index contributed by atoms with van der Waals surface area (Å²) in [6, 6.07) is 20.7. The van der Waals surface area contributed by atoms with Gasteiger partial charge in [0.25, 0.3) is 0 Å². The monoisotopic (exact) mass is 350 g/mol. The lowest BCUT2D eigenvalue weighted by atomic mass is 10.2. The first-order chi connectivity index (χ1) is 12.7. The van der Waals surface area contributed by atoms with Gasteiger partial charge in [-0.25, -0.2) is 4.79 Å². The van der Waals surface area contributed by atoms with Crippen LogP contribution in [0.3, 0.4) is 0 Å². The number of rotatable bonds is 7. The van der Waals surface area contributed by atoms with E-state index in [-0.39, 0.29) is 6.03 Å². The average molecular weight is 350 g/mol. The van der Waals surface area contributed by atoms with E-state index in [4.69, 9.17) is 9.15 Å². The summed E-state index contributed by atoms with van der Waals surface area (Å²) in [7, 11) is 0. The minimum Gasteiger partial charge on any atom is -0.494 e. The minimum atomic E-state index is -0.186. The highest BCUT2D eigenvalue weighted by molar-refractivity contribution is 5.89. The van der Waals surface area contributed by atoms with Gasteiger partial charge in [0, 0.05) is 12.2 Å². The van der Waals surface area contributed by atoms with E-state index in [2.05, 4.69) is 5.32 Å². The van der Waals surface area contributed by atoms with E-state index in [0.717, 1.165) is 22.8 Å².